The molecule has 1 unspecified atom stereocenters. The molecular weight excluding hydrogens is 188 g/mol. The van der Waals surface area contributed by atoms with E-state index in [1.54, 1.807) is 0 Å². The molecule has 82 valence electrons. The zero-order valence-corrected chi connectivity index (χ0v) is 9.15. The lowest BCUT2D eigenvalue weighted by atomic mass is 9.81. The number of ether oxygens (including phenoxy) is 1. The highest BCUT2D eigenvalue weighted by Gasteiger charge is 2.25. The number of hydrogen-bond acceptors (Lipinski definition) is 2. The number of aryl methyl sites for hydroxylation is 1. The van der Waals surface area contributed by atoms with Crippen molar-refractivity contribution in [3.63, 3.8) is 0 Å². The molecule has 1 fully saturated rings. The molecule has 1 N–H and O–H groups in total. The second kappa shape index (κ2) is 4.67. The van der Waals surface area contributed by atoms with Gasteiger partial charge in [-0.25, -0.2) is 0 Å². The first-order valence-corrected chi connectivity index (χ1v) is 5.63. The van der Waals surface area contributed by atoms with E-state index in [0.29, 0.717) is 12.5 Å². The van der Waals surface area contributed by atoms with Crippen molar-refractivity contribution in [3.8, 4) is 5.75 Å². The zero-order valence-electron chi connectivity index (χ0n) is 9.15. The maximum atomic E-state index is 9.76. The van der Waals surface area contributed by atoms with Gasteiger partial charge in [-0.2, -0.15) is 0 Å². The van der Waals surface area contributed by atoms with E-state index in [1.807, 2.05) is 31.2 Å². The molecule has 0 saturated heterocycles. The van der Waals surface area contributed by atoms with Crippen molar-refractivity contribution in [1.82, 2.24) is 0 Å². The number of hydrogen-bond donors (Lipinski definition) is 1. The Hall–Kier alpha value is -1.02. The van der Waals surface area contributed by atoms with E-state index in [9.17, 15) is 5.11 Å². The van der Waals surface area contributed by atoms with E-state index in [4.69, 9.17) is 4.74 Å². The fraction of sp³-hybridized carbons (Fsp3) is 0.538. The molecule has 15 heavy (non-hydrogen) atoms. The molecule has 0 bridgehead atoms. The van der Waals surface area contributed by atoms with Crippen molar-refractivity contribution in [1.29, 1.82) is 0 Å². The average Bonchev–Trinajstić information content (AvgIpc) is 2.14. The summed E-state index contributed by atoms with van der Waals surface area (Å²) in [5, 5.41) is 9.76. The first-order valence-electron chi connectivity index (χ1n) is 5.63. The van der Waals surface area contributed by atoms with E-state index >= 15 is 0 Å². The lowest BCUT2D eigenvalue weighted by Gasteiger charge is -2.30. The largest absolute Gasteiger partial charge is 0.491 e. The quantitative estimate of drug-likeness (QED) is 0.820. The van der Waals surface area contributed by atoms with Crippen LogP contribution in [0, 0.1) is 12.8 Å². The van der Waals surface area contributed by atoms with Crippen molar-refractivity contribution in [3.05, 3.63) is 29.8 Å². The van der Waals surface area contributed by atoms with Crippen LogP contribution in [-0.4, -0.2) is 17.8 Å². The summed E-state index contributed by atoms with van der Waals surface area (Å²) in [5.74, 6) is 1.31. The fourth-order valence-corrected chi connectivity index (χ4v) is 1.78. The molecule has 1 aromatic rings. The molecule has 1 aliphatic carbocycles. The molecule has 0 amide bonds. The molecule has 0 spiro atoms. The first kappa shape index (κ1) is 10.5. The first-order chi connectivity index (χ1) is 7.25. The number of aliphatic hydroxyl groups is 1. The van der Waals surface area contributed by atoms with Gasteiger partial charge in [-0.1, -0.05) is 24.1 Å². The van der Waals surface area contributed by atoms with Crippen LogP contribution in [0.1, 0.15) is 24.8 Å². The predicted octanol–water partition coefficient (Wildman–Crippen LogP) is 2.53. The van der Waals surface area contributed by atoms with Crippen molar-refractivity contribution < 1.29 is 9.84 Å². The summed E-state index contributed by atoms with van der Waals surface area (Å²) in [5.41, 5.74) is 1.22. The molecule has 2 heteroatoms. The molecule has 1 aromatic carbocycles. The smallest absolute Gasteiger partial charge is 0.119 e. The maximum absolute atomic E-state index is 9.76. The molecule has 1 saturated carbocycles. The Balaban J connectivity index is 1.79. The van der Waals surface area contributed by atoms with Crippen LogP contribution >= 0.6 is 0 Å². The van der Waals surface area contributed by atoms with Crippen LogP contribution in [0.15, 0.2) is 24.3 Å². The Morgan fingerprint density at radius 2 is 2.00 bits per heavy atom. The molecule has 0 radical (unpaired) electrons. The van der Waals surface area contributed by atoms with Gasteiger partial charge < -0.3 is 9.84 Å². The Morgan fingerprint density at radius 1 is 1.33 bits per heavy atom. The van der Waals surface area contributed by atoms with Crippen LogP contribution in [-0.2, 0) is 0 Å². The topological polar surface area (TPSA) is 29.5 Å². The van der Waals surface area contributed by atoms with Gasteiger partial charge in [0.15, 0.2) is 0 Å². The van der Waals surface area contributed by atoms with Gasteiger partial charge in [-0.3, -0.25) is 0 Å². The van der Waals surface area contributed by atoms with Gasteiger partial charge >= 0.3 is 0 Å². The lowest BCUT2D eigenvalue weighted by Crippen LogP contribution is -2.31. The molecule has 2 nitrogen and oxygen atoms in total. The van der Waals surface area contributed by atoms with Crippen LogP contribution in [0.2, 0.25) is 0 Å². The van der Waals surface area contributed by atoms with Gasteiger partial charge in [-0.05, 0) is 37.8 Å². The molecule has 0 aromatic heterocycles. The monoisotopic (exact) mass is 206 g/mol. The zero-order chi connectivity index (χ0) is 10.7. The molecule has 2 rings (SSSR count). The van der Waals surface area contributed by atoms with Crippen molar-refractivity contribution >= 4 is 0 Å². The Kier molecular flexibility index (Phi) is 3.27. The van der Waals surface area contributed by atoms with Crippen LogP contribution < -0.4 is 4.74 Å². The predicted molar refractivity (Wildman–Crippen MR) is 60.0 cm³/mol. The molecule has 0 heterocycles. The summed E-state index contributed by atoms with van der Waals surface area (Å²) < 4.78 is 5.53. The minimum atomic E-state index is -0.292. The lowest BCUT2D eigenvalue weighted by molar-refractivity contribution is 0.0241. The third-order valence-corrected chi connectivity index (χ3v) is 3.14. The van der Waals surface area contributed by atoms with Gasteiger partial charge in [0, 0.05) is 0 Å². The number of aliphatic hydroxyl groups excluding tert-OH is 1. The molecule has 0 aliphatic heterocycles. The van der Waals surface area contributed by atoms with Crippen LogP contribution in [0.5, 0.6) is 5.75 Å². The van der Waals surface area contributed by atoms with Crippen LogP contribution in [0.25, 0.3) is 0 Å². The van der Waals surface area contributed by atoms with Crippen molar-refractivity contribution in [2.75, 3.05) is 6.61 Å². The van der Waals surface area contributed by atoms with Crippen molar-refractivity contribution in [2.24, 2.45) is 5.92 Å². The van der Waals surface area contributed by atoms with Gasteiger partial charge in [-0.15, -0.1) is 0 Å². The average molecular weight is 206 g/mol. The maximum Gasteiger partial charge on any atom is 0.119 e. The van der Waals surface area contributed by atoms with E-state index in [-0.39, 0.29) is 6.10 Å². The van der Waals surface area contributed by atoms with E-state index in [2.05, 4.69) is 0 Å². The van der Waals surface area contributed by atoms with Crippen LogP contribution in [0.4, 0.5) is 0 Å². The summed E-state index contributed by atoms with van der Waals surface area (Å²) in [7, 11) is 0. The van der Waals surface area contributed by atoms with Gasteiger partial charge in [0.25, 0.3) is 0 Å². The Morgan fingerprint density at radius 3 is 2.53 bits per heavy atom. The normalized spacial score (nSPS) is 18.3. The summed E-state index contributed by atoms with van der Waals surface area (Å²) in [6.45, 7) is 2.47. The fourth-order valence-electron chi connectivity index (χ4n) is 1.78. The Bertz CT molecular complexity index is 301. The summed E-state index contributed by atoms with van der Waals surface area (Å²) in [4.78, 5) is 0. The summed E-state index contributed by atoms with van der Waals surface area (Å²) >= 11 is 0. The molecule has 1 aliphatic rings. The van der Waals surface area contributed by atoms with Crippen molar-refractivity contribution in [2.45, 2.75) is 32.3 Å². The van der Waals surface area contributed by atoms with E-state index in [1.165, 1.54) is 12.0 Å². The highest BCUT2D eigenvalue weighted by molar-refractivity contribution is 5.26. The second-order valence-corrected chi connectivity index (χ2v) is 4.38. The minimum absolute atomic E-state index is 0.292. The standard InChI is InChI=1S/C13H18O2/c1-10-5-7-12(8-6-10)15-9-13(14)11-3-2-4-11/h5-8,11,13-14H,2-4,9H2,1H3. The molecule has 1 atom stereocenters. The third-order valence-electron chi connectivity index (χ3n) is 3.14. The van der Waals surface area contributed by atoms with Gasteiger partial charge in [0.05, 0.1) is 6.10 Å². The third kappa shape index (κ3) is 2.72. The number of benzene rings is 1. The SMILES string of the molecule is Cc1ccc(OCC(O)C2CCC2)cc1. The Labute approximate surface area is 90.9 Å². The van der Waals surface area contributed by atoms with E-state index < -0.39 is 0 Å². The summed E-state index contributed by atoms with van der Waals surface area (Å²) in [6, 6.07) is 7.93. The van der Waals surface area contributed by atoms with Gasteiger partial charge in [0.1, 0.15) is 12.4 Å². The second-order valence-electron chi connectivity index (χ2n) is 4.38. The number of rotatable bonds is 4. The molecular formula is C13H18O2. The highest BCUT2D eigenvalue weighted by Crippen LogP contribution is 2.29. The highest BCUT2D eigenvalue weighted by atomic mass is 16.5. The summed E-state index contributed by atoms with van der Waals surface area (Å²) in [6.07, 6.45) is 3.27. The van der Waals surface area contributed by atoms with E-state index in [0.717, 1.165) is 18.6 Å². The van der Waals surface area contributed by atoms with Gasteiger partial charge in [0.2, 0.25) is 0 Å². The minimum Gasteiger partial charge on any atom is -0.491 e. The van der Waals surface area contributed by atoms with Crippen LogP contribution in [0.3, 0.4) is 0 Å².